The van der Waals surface area contributed by atoms with Gasteiger partial charge >= 0.3 is 0 Å². The highest BCUT2D eigenvalue weighted by molar-refractivity contribution is 8.18. The first-order chi connectivity index (χ1) is 10.5. The van der Waals surface area contributed by atoms with E-state index in [1.807, 2.05) is 14.1 Å². The van der Waals surface area contributed by atoms with Gasteiger partial charge in [0.15, 0.2) is 16.7 Å². The van der Waals surface area contributed by atoms with Crippen LogP contribution in [0.4, 0.5) is 0 Å². The van der Waals surface area contributed by atoms with Gasteiger partial charge in [0.2, 0.25) is 5.75 Å². The highest BCUT2D eigenvalue weighted by Gasteiger charge is 2.23. The van der Waals surface area contributed by atoms with E-state index < -0.39 is 0 Å². The zero-order valence-electron chi connectivity index (χ0n) is 13.2. The first kappa shape index (κ1) is 16.2. The lowest BCUT2D eigenvalue weighted by Gasteiger charge is -2.13. The number of methoxy groups -OCH3 is 3. The Morgan fingerprint density at radius 1 is 1.09 bits per heavy atom. The predicted octanol–water partition coefficient (Wildman–Crippen LogP) is 2.24. The summed E-state index contributed by atoms with van der Waals surface area (Å²) < 4.78 is 15.9. The number of rotatable bonds is 4. The van der Waals surface area contributed by atoms with Crippen molar-refractivity contribution in [3.05, 3.63) is 22.6 Å². The molecule has 22 heavy (non-hydrogen) atoms. The summed E-state index contributed by atoms with van der Waals surface area (Å²) in [5.41, 5.74) is 0.778. The SMILES string of the molecule is COc1cc(/C=C2\SC(N(C)C)=NC2=O)cc(OC)c1OC. The standard InChI is InChI=1S/C15H18N2O4S/c1-17(2)15-16-14(18)12(22-15)8-9-6-10(19-3)13(21-5)11(7-9)20-4/h6-8H,1-5H3/b12-8-. The normalized spacial score (nSPS) is 15.8. The van der Waals surface area contributed by atoms with Gasteiger partial charge in [-0.25, -0.2) is 0 Å². The Hall–Kier alpha value is -2.15. The third-order valence-corrected chi connectivity index (χ3v) is 4.13. The summed E-state index contributed by atoms with van der Waals surface area (Å²) in [5, 5.41) is 0.670. The van der Waals surface area contributed by atoms with Crippen LogP contribution in [0.15, 0.2) is 22.0 Å². The van der Waals surface area contributed by atoms with E-state index in [2.05, 4.69) is 4.99 Å². The van der Waals surface area contributed by atoms with Crippen molar-refractivity contribution in [2.24, 2.45) is 4.99 Å². The first-order valence-electron chi connectivity index (χ1n) is 6.50. The summed E-state index contributed by atoms with van der Waals surface area (Å²) in [6.45, 7) is 0. The van der Waals surface area contributed by atoms with Gasteiger partial charge in [-0.1, -0.05) is 0 Å². The lowest BCUT2D eigenvalue weighted by Crippen LogP contribution is -2.16. The van der Waals surface area contributed by atoms with Gasteiger partial charge in [-0.15, -0.1) is 0 Å². The Morgan fingerprint density at radius 3 is 2.09 bits per heavy atom. The van der Waals surface area contributed by atoms with Crippen molar-refractivity contribution in [3.63, 3.8) is 0 Å². The number of thioether (sulfide) groups is 1. The van der Waals surface area contributed by atoms with Gasteiger partial charge in [0.05, 0.1) is 26.2 Å². The number of carbonyl (C=O) groups excluding carboxylic acids is 1. The molecular weight excluding hydrogens is 304 g/mol. The number of hydrogen-bond acceptors (Lipinski definition) is 6. The zero-order valence-corrected chi connectivity index (χ0v) is 14.0. The maximum absolute atomic E-state index is 11.9. The molecule has 0 aliphatic carbocycles. The quantitative estimate of drug-likeness (QED) is 0.792. The molecule has 1 aromatic rings. The molecule has 0 fully saturated rings. The molecule has 0 N–H and O–H groups in total. The van der Waals surface area contributed by atoms with Crippen LogP contribution >= 0.6 is 11.8 Å². The van der Waals surface area contributed by atoms with E-state index in [0.29, 0.717) is 27.3 Å². The molecule has 1 aromatic carbocycles. The highest BCUT2D eigenvalue weighted by atomic mass is 32.2. The van der Waals surface area contributed by atoms with Crippen molar-refractivity contribution < 1.29 is 19.0 Å². The summed E-state index contributed by atoms with van der Waals surface area (Å²) >= 11 is 1.33. The van der Waals surface area contributed by atoms with Crippen LogP contribution in [0, 0.1) is 0 Å². The number of amidine groups is 1. The van der Waals surface area contributed by atoms with E-state index >= 15 is 0 Å². The molecular formula is C15H18N2O4S. The molecule has 118 valence electrons. The molecule has 1 amide bonds. The van der Waals surface area contributed by atoms with Crippen molar-refractivity contribution in [1.29, 1.82) is 0 Å². The smallest absolute Gasteiger partial charge is 0.286 e. The molecule has 0 atom stereocenters. The van der Waals surface area contributed by atoms with E-state index in [1.165, 1.54) is 11.8 Å². The minimum absolute atomic E-state index is 0.248. The Balaban J connectivity index is 2.39. The van der Waals surface area contributed by atoms with E-state index in [0.717, 1.165) is 5.56 Å². The number of aliphatic imine (C=N–C) groups is 1. The molecule has 1 heterocycles. The summed E-state index contributed by atoms with van der Waals surface area (Å²) in [6, 6.07) is 3.58. The maximum atomic E-state index is 11.9. The topological polar surface area (TPSA) is 60.4 Å². The van der Waals surface area contributed by atoms with Crippen molar-refractivity contribution >= 4 is 28.9 Å². The predicted molar refractivity (Wildman–Crippen MR) is 87.8 cm³/mol. The fraction of sp³-hybridized carbons (Fsp3) is 0.333. The molecule has 1 aliphatic rings. The molecule has 0 aromatic heterocycles. The van der Waals surface area contributed by atoms with Gasteiger partial charge in [-0.3, -0.25) is 4.79 Å². The molecule has 7 heteroatoms. The molecule has 2 rings (SSSR count). The minimum atomic E-state index is -0.248. The van der Waals surface area contributed by atoms with Crippen LogP contribution < -0.4 is 14.2 Å². The second-order valence-electron chi connectivity index (χ2n) is 4.66. The number of hydrogen-bond donors (Lipinski definition) is 0. The molecule has 1 aliphatic heterocycles. The number of carbonyl (C=O) groups is 1. The van der Waals surface area contributed by atoms with Crippen molar-refractivity contribution in [3.8, 4) is 17.2 Å². The average molecular weight is 322 g/mol. The minimum Gasteiger partial charge on any atom is -0.493 e. The molecule has 0 saturated carbocycles. The zero-order chi connectivity index (χ0) is 16.3. The van der Waals surface area contributed by atoms with Gasteiger partial charge in [0.1, 0.15) is 0 Å². The molecule has 0 spiro atoms. The Kier molecular flexibility index (Phi) is 4.97. The van der Waals surface area contributed by atoms with Crippen LogP contribution in [0.3, 0.4) is 0 Å². The van der Waals surface area contributed by atoms with Crippen molar-refractivity contribution in [2.75, 3.05) is 35.4 Å². The maximum Gasteiger partial charge on any atom is 0.286 e. The van der Waals surface area contributed by atoms with E-state index in [9.17, 15) is 4.79 Å². The van der Waals surface area contributed by atoms with Gasteiger partial charge in [0.25, 0.3) is 5.91 Å². The summed E-state index contributed by atoms with van der Waals surface area (Å²) in [4.78, 5) is 18.3. The Morgan fingerprint density at radius 2 is 1.68 bits per heavy atom. The number of benzene rings is 1. The average Bonchev–Trinajstić information content (AvgIpc) is 2.87. The molecule has 0 saturated heterocycles. The monoisotopic (exact) mass is 322 g/mol. The fourth-order valence-electron chi connectivity index (χ4n) is 1.93. The van der Waals surface area contributed by atoms with E-state index in [1.54, 1.807) is 44.4 Å². The fourth-order valence-corrected chi connectivity index (χ4v) is 2.76. The number of amides is 1. The van der Waals surface area contributed by atoms with Crippen LogP contribution in [0.25, 0.3) is 6.08 Å². The van der Waals surface area contributed by atoms with Crippen LogP contribution in [0.5, 0.6) is 17.2 Å². The van der Waals surface area contributed by atoms with E-state index in [-0.39, 0.29) is 5.91 Å². The largest absolute Gasteiger partial charge is 0.493 e. The Labute approximate surface area is 133 Å². The lowest BCUT2D eigenvalue weighted by atomic mass is 10.1. The number of nitrogens with zero attached hydrogens (tertiary/aromatic N) is 2. The first-order valence-corrected chi connectivity index (χ1v) is 7.31. The third-order valence-electron chi connectivity index (χ3n) is 2.98. The van der Waals surface area contributed by atoms with Gasteiger partial charge in [0, 0.05) is 14.1 Å². The third kappa shape index (κ3) is 3.19. The van der Waals surface area contributed by atoms with Gasteiger partial charge in [-0.05, 0) is 35.5 Å². The van der Waals surface area contributed by atoms with Crippen LogP contribution in [-0.2, 0) is 4.79 Å². The van der Waals surface area contributed by atoms with Crippen molar-refractivity contribution in [1.82, 2.24) is 4.90 Å². The Bertz CT molecular complexity index is 628. The molecule has 6 nitrogen and oxygen atoms in total. The van der Waals surface area contributed by atoms with E-state index in [4.69, 9.17) is 14.2 Å². The second kappa shape index (κ2) is 6.74. The number of ether oxygens (including phenoxy) is 3. The van der Waals surface area contributed by atoms with Gasteiger partial charge in [-0.2, -0.15) is 4.99 Å². The van der Waals surface area contributed by atoms with Crippen LogP contribution in [0.2, 0.25) is 0 Å². The highest BCUT2D eigenvalue weighted by Crippen LogP contribution is 2.39. The lowest BCUT2D eigenvalue weighted by molar-refractivity contribution is -0.113. The molecule has 0 bridgehead atoms. The molecule has 0 unspecified atom stereocenters. The summed E-state index contributed by atoms with van der Waals surface area (Å²) in [6.07, 6.45) is 1.76. The summed E-state index contributed by atoms with van der Waals surface area (Å²) in [5.74, 6) is 1.35. The van der Waals surface area contributed by atoms with Crippen LogP contribution in [0.1, 0.15) is 5.56 Å². The molecule has 0 radical (unpaired) electrons. The summed E-state index contributed by atoms with van der Waals surface area (Å²) in [7, 11) is 8.35. The van der Waals surface area contributed by atoms with Crippen LogP contribution in [-0.4, -0.2) is 51.4 Å². The van der Waals surface area contributed by atoms with Gasteiger partial charge < -0.3 is 19.1 Å². The van der Waals surface area contributed by atoms with Crippen molar-refractivity contribution in [2.45, 2.75) is 0 Å². The second-order valence-corrected chi connectivity index (χ2v) is 5.67.